The van der Waals surface area contributed by atoms with Crippen LogP contribution in [0.1, 0.15) is 74.6 Å². The van der Waals surface area contributed by atoms with Gasteiger partial charge in [0.15, 0.2) is 11.6 Å². The summed E-state index contributed by atoms with van der Waals surface area (Å²) in [7, 11) is 5.16. The Bertz CT molecular complexity index is 827. The lowest BCUT2D eigenvalue weighted by molar-refractivity contribution is -0.00982. The van der Waals surface area contributed by atoms with Crippen LogP contribution in [-0.2, 0) is 14.2 Å². The fourth-order valence-electron chi connectivity index (χ4n) is 4.35. The van der Waals surface area contributed by atoms with E-state index in [4.69, 9.17) is 4.74 Å². The van der Waals surface area contributed by atoms with E-state index in [0.717, 1.165) is 28.9 Å². The largest absolute Gasteiger partial charge is 0.382 e. The molecule has 1 saturated carbocycles. The Morgan fingerprint density at radius 1 is 0.778 bits per heavy atom. The van der Waals surface area contributed by atoms with Gasteiger partial charge in [0.25, 0.3) is 0 Å². The van der Waals surface area contributed by atoms with E-state index in [0.29, 0.717) is 30.4 Å². The number of carbonyl (C=O) groups is 2. The molecular formula is C31H46O5. The number of rotatable bonds is 8. The van der Waals surface area contributed by atoms with Crippen LogP contribution in [0, 0.1) is 17.8 Å². The minimum Gasteiger partial charge on any atom is -0.382 e. The van der Waals surface area contributed by atoms with E-state index in [2.05, 4.69) is 30.2 Å². The van der Waals surface area contributed by atoms with Gasteiger partial charge in [-0.25, -0.2) is 0 Å². The number of hydrogen-bond acceptors (Lipinski definition) is 5. The van der Waals surface area contributed by atoms with Gasteiger partial charge in [-0.3, -0.25) is 9.59 Å². The Balaban J connectivity index is 0.000000310. The van der Waals surface area contributed by atoms with E-state index in [-0.39, 0.29) is 11.6 Å². The topological polar surface area (TPSA) is 61.8 Å². The average Bonchev–Trinajstić information content (AvgIpc) is 2.88. The van der Waals surface area contributed by atoms with Crippen molar-refractivity contribution in [1.82, 2.24) is 0 Å². The van der Waals surface area contributed by atoms with Crippen molar-refractivity contribution in [3.05, 3.63) is 59.7 Å². The molecule has 0 spiro atoms. The molecule has 0 bridgehead atoms. The van der Waals surface area contributed by atoms with Crippen molar-refractivity contribution in [3.63, 3.8) is 0 Å². The molecule has 0 aromatic heterocycles. The number of carbonyl (C=O) groups excluding carboxylic acids is 2. The van der Waals surface area contributed by atoms with Crippen LogP contribution >= 0.6 is 0 Å². The molecule has 0 N–H and O–H groups in total. The van der Waals surface area contributed by atoms with Crippen LogP contribution in [0.2, 0.25) is 0 Å². The SMILES string of the molecule is CC(=O)c1ccc(-c2ccc(C(C)=O)cc2)cc1.COC1CC(C)CCC1C(C)C.COCCOC. The summed E-state index contributed by atoms with van der Waals surface area (Å²) in [6.07, 6.45) is 4.54. The highest BCUT2D eigenvalue weighted by Gasteiger charge is 2.30. The maximum Gasteiger partial charge on any atom is 0.159 e. The lowest BCUT2D eigenvalue weighted by Crippen LogP contribution is -2.33. The summed E-state index contributed by atoms with van der Waals surface area (Å²) < 4.78 is 14.8. The van der Waals surface area contributed by atoms with E-state index in [1.807, 2.05) is 55.6 Å². The van der Waals surface area contributed by atoms with Crippen molar-refractivity contribution >= 4 is 11.6 Å². The van der Waals surface area contributed by atoms with Gasteiger partial charge < -0.3 is 14.2 Å². The number of Topliss-reactive ketones (excluding diaryl/α,β-unsaturated/α-hetero) is 2. The molecule has 3 unspecified atom stereocenters. The van der Waals surface area contributed by atoms with Crippen LogP contribution < -0.4 is 0 Å². The first-order chi connectivity index (χ1) is 17.1. The summed E-state index contributed by atoms with van der Waals surface area (Å²) in [5.74, 6) is 2.57. The number of methoxy groups -OCH3 is 3. The smallest absolute Gasteiger partial charge is 0.159 e. The van der Waals surface area contributed by atoms with Crippen LogP contribution in [0.4, 0.5) is 0 Å². The highest BCUT2D eigenvalue weighted by atomic mass is 16.5. The number of ketones is 2. The first-order valence-corrected chi connectivity index (χ1v) is 12.9. The fourth-order valence-corrected chi connectivity index (χ4v) is 4.35. The van der Waals surface area contributed by atoms with Crippen LogP contribution in [0.15, 0.2) is 48.5 Å². The zero-order valence-electron chi connectivity index (χ0n) is 23.5. The minimum absolute atomic E-state index is 0.0634. The Morgan fingerprint density at radius 3 is 1.50 bits per heavy atom. The second-order valence-electron chi connectivity index (χ2n) is 9.85. The van der Waals surface area contributed by atoms with E-state index in [1.54, 1.807) is 28.1 Å². The molecule has 1 aliphatic rings. The molecule has 36 heavy (non-hydrogen) atoms. The molecule has 5 heteroatoms. The third-order valence-electron chi connectivity index (χ3n) is 6.67. The number of benzene rings is 2. The van der Waals surface area contributed by atoms with Gasteiger partial charge in [-0.1, -0.05) is 75.7 Å². The lowest BCUT2D eigenvalue weighted by atomic mass is 9.75. The molecule has 1 fully saturated rings. The van der Waals surface area contributed by atoms with Gasteiger partial charge in [0.1, 0.15) is 0 Å². The molecule has 0 amide bonds. The van der Waals surface area contributed by atoms with Crippen molar-refractivity contribution in [1.29, 1.82) is 0 Å². The molecule has 200 valence electrons. The molecule has 3 atom stereocenters. The zero-order chi connectivity index (χ0) is 27.1. The second-order valence-corrected chi connectivity index (χ2v) is 9.85. The summed E-state index contributed by atoms with van der Waals surface area (Å²) in [5, 5.41) is 0. The second kappa shape index (κ2) is 17.2. The van der Waals surface area contributed by atoms with Crippen LogP contribution in [0.25, 0.3) is 11.1 Å². The number of ether oxygens (including phenoxy) is 3. The molecule has 0 saturated heterocycles. The summed E-state index contributed by atoms with van der Waals surface area (Å²) in [6, 6.07) is 14.9. The third kappa shape index (κ3) is 11.2. The standard InChI is InChI=1S/C16H14O2.C11H22O.C4H10O2/c1-11(17)13-3-7-15(8-4-13)16-9-5-14(6-10-16)12(2)18;1-8(2)10-6-5-9(3)7-11(10)12-4;1-5-3-4-6-2/h3-10H,1-2H3;8-11H,5-7H2,1-4H3;3-4H2,1-2H3. The Kier molecular flexibility index (Phi) is 15.1. The predicted molar refractivity (Wildman–Crippen MR) is 148 cm³/mol. The molecule has 3 rings (SSSR count). The van der Waals surface area contributed by atoms with Crippen molar-refractivity contribution in [3.8, 4) is 11.1 Å². The minimum atomic E-state index is 0.0634. The van der Waals surface area contributed by atoms with E-state index in [9.17, 15) is 9.59 Å². The highest BCUT2D eigenvalue weighted by Crippen LogP contribution is 2.34. The zero-order valence-corrected chi connectivity index (χ0v) is 23.5. The van der Waals surface area contributed by atoms with Crippen LogP contribution in [-0.4, -0.2) is 52.2 Å². The summed E-state index contributed by atoms with van der Waals surface area (Å²) in [4.78, 5) is 22.4. The molecule has 2 aromatic carbocycles. The average molecular weight is 499 g/mol. The van der Waals surface area contributed by atoms with Gasteiger partial charge in [-0.15, -0.1) is 0 Å². The third-order valence-corrected chi connectivity index (χ3v) is 6.67. The Hall–Kier alpha value is -2.34. The van der Waals surface area contributed by atoms with Gasteiger partial charge >= 0.3 is 0 Å². The summed E-state index contributed by atoms with van der Waals surface area (Å²) in [5.41, 5.74) is 3.49. The molecule has 1 aliphatic carbocycles. The lowest BCUT2D eigenvalue weighted by Gasteiger charge is -2.36. The van der Waals surface area contributed by atoms with E-state index >= 15 is 0 Å². The van der Waals surface area contributed by atoms with Crippen LogP contribution in [0.3, 0.4) is 0 Å². The molecule has 2 aromatic rings. The van der Waals surface area contributed by atoms with Gasteiger partial charge in [-0.05, 0) is 55.6 Å². The first-order valence-electron chi connectivity index (χ1n) is 12.9. The normalized spacial score (nSPS) is 19.0. The van der Waals surface area contributed by atoms with Crippen LogP contribution in [0.5, 0.6) is 0 Å². The van der Waals surface area contributed by atoms with Crippen molar-refractivity contribution < 1.29 is 23.8 Å². The van der Waals surface area contributed by atoms with E-state index < -0.39 is 0 Å². The number of hydrogen-bond donors (Lipinski definition) is 0. The molecular weight excluding hydrogens is 452 g/mol. The van der Waals surface area contributed by atoms with Gasteiger partial charge in [-0.2, -0.15) is 0 Å². The molecule has 0 heterocycles. The van der Waals surface area contributed by atoms with Gasteiger partial charge in [0, 0.05) is 32.5 Å². The molecule has 0 radical (unpaired) electrons. The molecule has 0 aliphatic heterocycles. The molecule has 5 nitrogen and oxygen atoms in total. The quantitative estimate of drug-likeness (QED) is 0.286. The maximum atomic E-state index is 11.2. The van der Waals surface area contributed by atoms with Gasteiger partial charge in [0.05, 0.1) is 19.3 Å². The van der Waals surface area contributed by atoms with Crippen molar-refractivity contribution in [2.24, 2.45) is 17.8 Å². The van der Waals surface area contributed by atoms with Crippen molar-refractivity contribution in [2.75, 3.05) is 34.5 Å². The summed E-state index contributed by atoms with van der Waals surface area (Å²) >= 11 is 0. The Morgan fingerprint density at radius 2 is 1.19 bits per heavy atom. The maximum absolute atomic E-state index is 11.2. The summed E-state index contributed by atoms with van der Waals surface area (Å²) in [6.45, 7) is 11.4. The predicted octanol–water partition coefficient (Wildman–Crippen LogP) is 7.13. The first kappa shape index (κ1) is 31.7. The van der Waals surface area contributed by atoms with Gasteiger partial charge in [0.2, 0.25) is 0 Å². The van der Waals surface area contributed by atoms with Crippen molar-refractivity contribution in [2.45, 2.75) is 60.0 Å². The van der Waals surface area contributed by atoms with E-state index in [1.165, 1.54) is 19.3 Å². The Labute approximate surface area is 218 Å². The monoisotopic (exact) mass is 498 g/mol. The fraction of sp³-hybridized carbons (Fsp3) is 0.548. The highest BCUT2D eigenvalue weighted by molar-refractivity contribution is 5.95.